The molecule has 1 aromatic carbocycles. The number of imidazole rings is 1. The number of fused-ring (bicyclic) bond motifs is 3. The van der Waals surface area contributed by atoms with Gasteiger partial charge < -0.3 is 19.5 Å². The van der Waals surface area contributed by atoms with Crippen LogP contribution in [0.2, 0.25) is 0 Å². The zero-order chi connectivity index (χ0) is 20.8. The van der Waals surface area contributed by atoms with Crippen molar-refractivity contribution in [2.24, 2.45) is 0 Å². The third-order valence-electron chi connectivity index (χ3n) is 6.03. The van der Waals surface area contributed by atoms with Crippen LogP contribution in [0.25, 0.3) is 28.2 Å². The molecule has 3 aromatic heterocycles. The minimum absolute atomic E-state index is 0.730. The van der Waals surface area contributed by atoms with Gasteiger partial charge in [0.2, 0.25) is 0 Å². The molecule has 1 saturated heterocycles. The first-order chi connectivity index (χ1) is 15.3. The van der Waals surface area contributed by atoms with Gasteiger partial charge in [-0.2, -0.15) is 5.10 Å². The maximum atomic E-state index is 5.58. The highest BCUT2D eigenvalue weighted by atomic mass is 16.5. The first kappa shape index (κ1) is 18.5. The van der Waals surface area contributed by atoms with Crippen molar-refractivity contribution >= 4 is 16.9 Å². The standard InChI is InChI=1S/C23H25N7O/c1-16-3-2-4-17(13-16)18-5-7-30(27-18)20-14-19(28-9-11-31-12-10-28)22-23(26-20)29-8-6-24-15-21(29)25-22/h2-5,7,13-14,24H,6,8-12,15H2,1H3. The minimum atomic E-state index is 0.730. The van der Waals surface area contributed by atoms with Crippen LogP contribution < -0.4 is 10.2 Å². The molecule has 158 valence electrons. The van der Waals surface area contributed by atoms with Crippen molar-refractivity contribution in [3.05, 3.63) is 54.0 Å². The summed E-state index contributed by atoms with van der Waals surface area (Å²) in [5, 5.41) is 8.26. The molecule has 0 radical (unpaired) electrons. The number of hydrogen-bond acceptors (Lipinski definition) is 6. The molecular formula is C23H25N7O. The number of hydrogen-bond donors (Lipinski definition) is 1. The highest BCUT2D eigenvalue weighted by Gasteiger charge is 2.23. The molecule has 2 aliphatic heterocycles. The number of pyridine rings is 1. The second-order valence-corrected chi connectivity index (χ2v) is 8.14. The van der Waals surface area contributed by atoms with Crippen LogP contribution in [0.5, 0.6) is 0 Å². The lowest BCUT2D eigenvalue weighted by molar-refractivity contribution is 0.123. The van der Waals surface area contributed by atoms with Crippen LogP contribution in [0.3, 0.4) is 0 Å². The van der Waals surface area contributed by atoms with Crippen molar-refractivity contribution in [3.8, 4) is 17.1 Å². The Morgan fingerprint density at radius 3 is 2.81 bits per heavy atom. The third-order valence-corrected chi connectivity index (χ3v) is 6.03. The fourth-order valence-electron chi connectivity index (χ4n) is 4.44. The van der Waals surface area contributed by atoms with Crippen LogP contribution in [-0.4, -0.2) is 57.2 Å². The Labute approximate surface area is 180 Å². The van der Waals surface area contributed by atoms with Gasteiger partial charge in [0.15, 0.2) is 11.5 Å². The maximum absolute atomic E-state index is 5.58. The van der Waals surface area contributed by atoms with E-state index in [1.165, 1.54) is 5.56 Å². The summed E-state index contributed by atoms with van der Waals surface area (Å²) in [5.74, 6) is 1.86. The molecule has 2 aliphatic rings. The molecule has 0 aliphatic carbocycles. The summed E-state index contributed by atoms with van der Waals surface area (Å²) >= 11 is 0. The lowest BCUT2D eigenvalue weighted by Crippen LogP contribution is -2.36. The Hall–Kier alpha value is -3.23. The van der Waals surface area contributed by atoms with Crippen LogP contribution in [0.4, 0.5) is 5.69 Å². The smallest absolute Gasteiger partial charge is 0.164 e. The van der Waals surface area contributed by atoms with Crippen molar-refractivity contribution in [1.82, 2.24) is 29.6 Å². The molecular weight excluding hydrogens is 390 g/mol. The zero-order valence-electron chi connectivity index (χ0n) is 17.6. The van der Waals surface area contributed by atoms with E-state index in [1.807, 2.05) is 16.9 Å². The van der Waals surface area contributed by atoms with Crippen LogP contribution in [0, 0.1) is 6.92 Å². The number of anilines is 1. The Balaban J connectivity index is 1.49. The molecule has 0 amide bonds. The first-order valence-electron chi connectivity index (χ1n) is 10.8. The van der Waals surface area contributed by atoms with E-state index in [1.54, 1.807) is 0 Å². The van der Waals surface area contributed by atoms with Crippen molar-refractivity contribution in [1.29, 1.82) is 0 Å². The molecule has 6 rings (SSSR count). The fraction of sp³-hybridized carbons (Fsp3) is 0.348. The van der Waals surface area contributed by atoms with Gasteiger partial charge in [-0.1, -0.05) is 23.8 Å². The number of morpholine rings is 1. The predicted octanol–water partition coefficient (Wildman–Crippen LogP) is 2.53. The summed E-state index contributed by atoms with van der Waals surface area (Å²) < 4.78 is 9.70. The van der Waals surface area contributed by atoms with Crippen molar-refractivity contribution in [2.45, 2.75) is 20.0 Å². The van der Waals surface area contributed by atoms with Gasteiger partial charge in [-0.3, -0.25) is 0 Å². The molecule has 4 aromatic rings. The summed E-state index contributed by atoms with van der Waals surface area (Å²) in [6, 6.07) is 12.6. The summed E-state index contributed by atoms with van der Waals surface area (Å²) in [7, 11) is 0. The topological polar surface area (TPSA) is 73.0 Å². The number of aryl methyl sites for hydroxylation is 1. The molecule has 0 atom stereocenters. The first-order valence-corrected chi connectivity index (χ1v) is 10.8. The number of ether oxygens (including phenoxy) is 1. The molecule has 1 N–H and O–H groups in total. The number of rotatable bonds is 3. The van der Waals surface area contributed by atoms with E-state index >= 15 is 0 Å². The molecule has 1 fully saturated rings. The molecule has 0 unspecified atom stereocenters. The predicted molar refractivity (Wildman–Crippen MR) is 120 cm³/mol. The van der Waals surface area contributed by atoms with Gasteiger partial charge in [-0.15, -0.1) is 0 Å². The lowest BCUT2D eigenvalue weighted by atomic mass is 10.1. The molecule has 8 heteroatoms. The summed E-state index contributed by atoms with van der Waals surface area (Å²) in [6.07, 6.45) is 1.99. The van der Waals surface area contributed by atoms with Crippen molar-refractivity contribution in [3.63, 3.8) is 0 Å². The lowest BCUT2D eigenvalue weighted by Gasteiger charge is -2.29. The van der Waals surface area contributed by atoms with Crippen molar-refractivity contribution in [2.75, 3.05) is 37.7 Å². The van der Waals surface area contributed by atoms with Gasteiger partial charge in [0.05, 0.1) is 31.1 Å². The van der Waals surface area contributed by atoms with E-state index in [2.05, 4.69) is 52.0 Å². The van der Waals surface area contributed by atoms with E-state index in [9.17, 15) is 0 Å². The van der Waals surface area contributed by atoms with Crippen LogP contribution in [0.15, 0.2) is 42.6 Å². The molecule has 31 heavy (non-hydrogen) atoms. The largest absolute Gasteiger partial charge is 0.378 e. The van der Waals surface area contributed by atoms with Crippen LogP contribution in [-0.2, 0) is 17.8 Å². The molecule has 0 saturated carbocycles. The fourth-order valence-corrected chi connectivity index (χ4v) is 4.44. The molecule has 0 spiro atoms. The Kier molecular flexibility index (Phi) is 4.47. The Morgan fingerprint density at radius 1 is 1.03 bits per heavy atom. The number of nitrogens with one attached hydrogen (secondary N) is 1. The van der Waals surface area contributed by atoms with Crippen LogP contribution in [0.1, 0.15) is 11.4 Å². The van der Waals surface area contributed by atoms with E-state index in [0.717, 1.165) is 85.7 Å². The Bertz CT molecular complexity index is 1250. The van der Waals surface area contributed by atoms with Crippen LogP contribution >= 0.6 is 0 Å². The highest BCUT2D eigenvalue weighted by molar-refractivity contribution is 5.88. The Morgan fingerprint density at radius 2 is 1.94 bits per heavy atom. The summed E-state index contributed by atoms with van der Waals surface area (Å²) in [6.45, 7) is 7.84. The van der Waals surface area contributed by atoms with Gasteiger partial charge in [0.25, 0.3) is 0 Å². The summed E-state index contributed by atoms with van der Waals surface area (Å²) in [5.41, 5.74) is 6.29. The molecule has 0 bridgehead atoms. The van der Waals surface area contributed by atoms with Gasteiger partial charge in [0.1, 0.15) is 11.3 Å². The normalized spacial score (nSPS) is 16.6. The van der Waals surface area contributed by atoms with Gasteiger partial charge >= 0.3 is 0 Å². The van der Waals surface area contributed by atoms with E-state index < -0.39 is 0 Å². The van der Waals surface area contributed by atoms with Gasteiger partial charge in [0, 0.05) is 44.0 Å². The highest BCUT2D eigenvalue weighted by Crippen LogP contribution is 2.30. The second kappa shape index (κ2) is 7.47. The molecule has 8 nitrogen and oxygen atoms in total. The minimum Gasteiger partial charge on any atom is -0.378 e. The van der Waals surface area contributed by atoms with Crippen molar-refractivity contribution < 1.29 is 4.74 Å². The number of benzene rings is 1. The summed E-state index contributed by atoms with van der Waals surface area (Å²) in [4.78, 5) is 12.3. The van der Waals surface area contributed by atoms with E-state index in [0.29, 0.717) is 0 Å². The third kappa shape index (κ3) is 3.28. The van der Waals surface area contributed by atoms with E-state index in [-0.39, 0.29) is 0 Å². The second-order valence-electron chi connectivity index (χ2n) is 8.14. The average Bonchev–Trinajstić information content (AvgIpc) is 3.44. The van der Waals surface area contributed by atoms with Gasteiger partial charge in [-0.05, 0) is 19.1 Å². The zero-order valence-corrected chi connectivity index (χ0v) is 17.6. The van der Waals surface area contributed by atoms with Gasteiger partial charge in [-0.25, -0.2) is 14.6 Å². The maximum Gasteiger partial charge on any atom is 0.164 e. The molecule has 5 heterocycles. The number of nitrogens with zero attached hydrogens (tertiary/aromatic N) is 6. The number of aromatic nitrogens is 5. The SMILES string of the molecule is Cc1cccc(-c2ccn(-c3cc(N4CCOCC4)c4nc5n(c4n3)CCNC5)n2)c1. The quantitative estimate of drug-likeness (QED) is 0.554. The average molecular weight is 416 g/mol. The van der Waals surface area contributed by atoms with E-state index in [4.69, 9.17) is 19.8 Å². The monoisotopic (exact) mass is 415 g/mol.